The second kappa shape index (κ2) is 8.53. The minimum Gasteiger partial charge on any atom is -0.445 e. The summed E-state index contributed by atoms with van der Waals surface area (Å²) in [7, 11) is 0. The van der Waals surface area contributed by atoms with Crippen LogP contribution in [0.4, 0.5) is 4.79 Å². The van der Waals surface area contributed by atoms with Gasteiger partial charge in [0.2, 0.25) is 5.91 Å². The largest absolute Gasteiger partial charge is 0.445 e. The highest BCUT2D eigenvalue weighted by atomic mass is 16.6. The predicted octanol–water partition coefficient (Wildman–Crippen LogP) is 1.89. The second-order valence-corrected chi connectivity index (χ2v) is 5.79. The van der Waals surface area contributed by atoms with Crippen LogP contribution in [0.2, 0.25) is 0 Å². The van der Waals surface area contributed by atoms with Crippen molar-refractivity contribution in [2.45, 2.75) is 38.8 Å². The van der Waals surface area contributed by atoms with Crippen LogP contribution >= 0.6 is 0 Å². The van der Waals surface area contributed by atoms with Gasteiger partial charge in [-0.25, -0.2) is 4.79 Å². The van der Waals surface area contributed by atoms with Crippen LogP contribution in [0, 0.1) is 0 Å². The molecule has 1 heterocycles. The molecule has 0 radical (unpaired) electrons. The zero-order valence-electron chi connectivity index (χ0n) is 13.6. The molecule has 1 saturated heterocycles. The van der Waals surface area contributed by atoms with Gasteiger partial charge in [0, 0.05) is 18.2 Å². The van der Waals surface area contributed by atoms with Crippen LogP contribution in [0.5, 0.6) is 0 Å². The van der Waals surface area contributed by atoms with Gasteiger partial charge in [0.25, 0.3) is 0 Å². The highest BCUT2D eigenvalue weighted by Gasteiger charge is 2.25. The van der Waals surface area contributed by atoms with Gasteiger partial charge in [-0.05, 0) is 50.0 Å². The molecule has 2 rings (SSSR count). The lowest BCUT2D eigenvalue weighted by Gasteiger charge is -2.33. The Morgan fingerprint density at radius 2 is 1.91 bits per heavy atom. The summed E-state index contributed by atoms with van der Waals surface area (Å²) in [6.07, 6.45) is 2.56. The third-order valence-corrected chi connectivity index (χ3v) is 4.05. The molecular weight excluding hydrogens is 294 g/mol. The van der Waals surface area contributed by atoms with E-state index in [0.29, 0.717) is 12.1 Å². The van der Waals surface area contributed by atoms with Gasteiger partial charge in [0.1, 0.15) is 6.61 Å². The van der Waals surface area contributed by atoms with E-state index in [0.717, 1.165) is 37.9 Å². The number of piperidine rings is 1. The van der Waals surface area contributed by atoms with Gasteiger partial charge in [0.05, 0.1) is 0 Å². The number of nitrogens with zero attached hydrogens (tertiary/aromatic N) is 1. The highest BCUT2D eigenvalue weighted by molar-refractivity contribution is 5.92. The van der Waals surface area contributed by atoms with E-state index in [9.17, 15) is 9.59 Å². The van der Waals surface area contributed by atoms with Crippen molar-refractivity contribution >= 4 is 12.0 Å². The van der Waals surface area contributed by atoms with Crippen molar-refractivity contribution in [2.24, 2.45) is 5.73 Å². The van der Waals surface area contributed by atoms with Gasteiger partial charge in [-0.3, -0.25) is 4.79 Å². The topological polar surface area (TPSA) is 84.7 Å². The average molecular weight is 319 g/mol. The fourth-order valence-corrected chi connectivity index (χ4v) is 2.78. The lowest BCUT2D eigenvalue weighted by atomic mass is 10.1. The molecule has 0 aliphatic carbocycles. The molecule has 0 atom stereocenters. The standard InChI is InChI=1S/C17H25N3O3/c1-2-11-20(15-7-9-19-10-8-15)17(22)23-12-13-3-5-14(6-4-13)16(18)21/h3-6,15,19H,2,7-12H2,1H3,(H2,18,21). The molecule has 2 amide bonds. The number of hydrogen-bond acceptors (Lipinski definition) is 4. The molecule has 0 aromatic heterocycles. The maximum atomic E-state index is 12.4. The lowest BCUT2D eigenvalue weighted by Crippen LogP contribution is -2.46. The SMILES string of the molecule is CCCN(C(=O)OCc1ccc(C(N)=O)cc1)C1CCNCC1. The first kappa shape index (κ1) is 17.3. The minimum atomic E-state index is -0.464. The number of primary amides is 1. The fraction of sp³-hybridized carbons (Fsp3) is 0.529. The normalized spacial score (nSPS) is 15.2. The number of benzene rings is 1. The number of hydrogen-bond donors (Lipinski definition) is 2. The van der Waals surface area contributed by atoms with E-state index >= 15 is 0 Å². The molecule has 6 heteroatoms. The first-order valence-electron chi connectivity index (χ1n) is 8.14. The van der Waals surface area contributed by atoms with Crippen molar-refractivity contribution in [3.05, 3.63) is 35.4 Å². The summed E-state index contributed by atoms with van der Waals surface area (Å²) >= 11 is 0. The third kappa shape index (κ3) is 4.96. The van der Waals surface area contributed by atoms with Crippen LogP contribution in [-0.2, 0) is 11.3 Å². The first-order valence-corrected chi connectivity index (χ1v) is 8.14. The van der Waals surface area contributed by atoms with E-state index in [1.807, 2.05) is 4.90 Å². The summed E-state index contributed by atoms with van der Waals surface area (Å²) in [5.41, 5.74) is 6.49. The van der Waals surface area contributed by atoms with Crippen molar-refractivity contribution in [2.75, 3.05) is 19.6 Å². The molecule has 0 saturated carbocycles. The predicted molar refractivity (Wildman–Crippen MR) is 88.0 cm³/mol. The summed E-state index contributed by atoms with van der Waals surface area (Å²) in [6, 6.07) is 7.04. The molecule has 0 spiro atoms. The van der Waals surface area contributed by atoms with Crippen molar-refractivity contribution in [3.63, 3.8) is 0 Å². The number of ether oxygens (including phenoxy) is 1. The quantitative estimate of drug-likeness (QED) is 0.838. The molecule has 126 valence electrons. The number of nitrogens with two attached hydrogens (primary N) is 1. The first-order chi connectivity index (χ1) is 11.1. The van der Waals surface area contributed by atoms with Crippen molar-refractivity contribution in [1.82, 2.24) is 10.2 Å². The summed E-state index contributed by atoms with van der Waals surface area (Å²) in [5.74, 6) is -0.464. The monoisotopic (exact) mass is 319 g/mol. The Kier molecular flexibility index (Phi) is 6.40. The number of carbonyl (C=O) groups is 2. The Hall–Kier alpha value is -2.08. The number of amides is 2. The zero-order valence-corrected chi connectivity index (χ0v) is 13.6. The van der Waals surface area contributed by atoms with Crippen LogP contribution < -0.4 is 11.1 Å². The summed E-state index contributed by atoms with van der Waals surface area (Å²) in [4.78, 5) is 25.3. The molecule has 1 aromatic carbocycles. The van der Waals surface area contributed by atoms with E-state index in [2.05, 4.69) is 12.2 Å². The van der Waals surface area contributed by atoms with E-state index in [-0.39, 0.29) is 18.7 Å². The van der Waals surface area contributed by atoms with E-state index in [4.69, 9.17) is 10.5 Å². The highest BCUT2D eigenvalue weighted by Crippen LogP contribution is 2.15. The number of nitrogens with one attached hydrogen (secondary N) is 1. The molecule has 3 N–H and O–H groups in total. The lowest BCUT2D eigenvalue weighted by molar-refractivity contribution is 0.0734. The van der Waals surface area contributed by atoms with Crippen LogP contribution in [0.25, 0.3) is 0 Å². The molecule has 1 aliphatic heterocycles. The van der Waals surface area contributed by atoms with Gasteiger partial charge >= 0.3 is 6.09 Å². The average Bonchev–Trinajstić information content (AvgIpc) is 2.58. The molecule has 0 bridgehead atoms. The molecule has 6 nitrogen and oxygen atoms in total. The Balaban J connectivity index is 1.91. The van der Waals surface area contributed by atoms with E-state index in [1.54, 1.807) is 24.3 Å². The van der Waals surface area contributed by atoms with Gasteiger partial charge in [-0.15, -0.1) is 0 Å². The van der Waals surface area contributed by atoms with Crippen LogP contribution in [0.15, 0.2) is 24.3 Å². The molecule has 0 unspecified atom stereocenters. The summed E-state index contributed by atoms with van der Waals surface area (Å²) in [6.45, 7) is 4.84. The Bertz CT molecular complexity index is 524. The van der Waals surface area contributed by atoms with E-state index < -0.39 is 5.91 Å². The molecular formula is C17H25N3O3. The molecule has 23 heavy (non-hydrogen) atoms. The van der Waals surface area contributed by atoms with Gasteiger partial charge in [-0.1, -0.05) is 19.1 Å². The molecule has 1 fully saturated rings. The molecule has 1 aliphatic rings. The Morgan fingerprint density at radius 3 is 2.48 bits per heavy atom. The van der Waals surface area contributed by atoms with Gasteiger partial charge in [0.15, 0.2) is 0 Å². The zero-order chi connectivity index (χ0) is 16.7. The van der Waals surface area contributed by atoms with Crippen molar-refractivity contribution in [1.29, 1.82) is 0 Å². The summed E-state index contributed by atoms with van der Waals surface area (Å²) in [5, 5.41) is 3.31. The van der Waals surface area contributed by atoms with Crippen LogP contribution in [0.1, 0.15) is 42.1 Å². The smallest absolute Gasteiger partial charge is 0.410 e. The van der Waals surface area contributed by atoms with Crippen molar-refractivity contribution in [3.8, 4) is 0 Å². The Morgan fingerprint density at radius 1 is 1.26 bits per heavy atom. The second-order valence-electron chi connectivity index (χ2n) is 5.79. The van der Waals surface area contributed by atoms with Crippen LogP contribution in [-0.4, -0.2) is 42.6 Å². The van der Waals surface area contributed by atoms with Gasteiger partial charge in [-0.2, -0.15) is 0 Å². The number of rotatable bonds is 6. The number of carbonyl (C=O) groups excluding carboxylic acids is 2. The molecule has 1 aromatic rings. The van der Waals surface area contributed by atoms with E-state index in [1.165, 1.54) is 0 Å². The maximum absolute atomic E-state index is 12.4. The fourth-order valence-electron chi connectivity index (χ4n) is 2.78. The maximum Gasteiger partial charge on any atom is 0.410 e. The Labute approximate surface area is 137 Å². The van der Waals surface area contributed by atoms with Gasteiger partial charge < -0.3 is 20.7 Å². The summed E-state index contributed by atoms with van der Waals surface area (Å²) < 4.78 is 5.45. The minimum absolute atomic E-state index is 0.197. The van der Waals surface area contributed by atoms with Crippen LogP contribution in [0.3, 0.4) is 0 Å². The van der Waals surface area contributed by atoms with Crippen molar-refractivity contribution < 1.29 is 14.3 Å². The third-order valence-electron chi connectivity index (χ3n) is 4.05.